The third kappa shape index (κ3) is 2.65. The Bertz CT molecular complexity index is 694. The molecule has 0 radical (unpaired) electrons. The maximum absolute atomic E-state index is 4.49. The summed E-state index contributed by atoms with van der Waals surface area (Å²) in [6.45, 7) is 2.50. The van der Waals surface area contributed by atoms with E-state index >= 15 is 0 Å². The van der Waals surface area contributed by atoms with Gasteiger partial charge in [-0.1, -0.05) is 12.1 Å². The van der Waals surface area contributed by atoms with Crippen LogP contribution in [-0.2, 0) is 6.54 Å². The monoisotopic (exact) mass is 251 g/mol. The molecule has 0 bridgehead atoms. The molecule has 2 heterocycles. The number of aryl methyl sites for hydroxylation is 1. The Kier molecular flexibility index (Phi) is 3.02. The Labute approximate surface area is 110 Å². The highest BCUT2D eigenvalue weighted by Gasteiger charge is 2.00. The summed E-state index contributed by atoms with van der Waals surface area (Å²) in [5.74, 6) is 0.737. The number of hydrogen-bond acceptors (Lipinski definition) is 5. The molecule has 0 atom stereocenters. The van der Waals surface area contributed by atoms with E-state index in [4.69, 9.17) is 0 Å². The summed E-state index contributed by atoms with van der Waals surface area (Å²) in [6.07, 6.45) is 5.24. The van der Waals surface area contributed by atoms with Crippen LogP contribution in [0.4, 0.5) is 5.82 Å². The number of nitrogens with one attached hydrogen (secondary N) is 1. The third-order valence-electron chi connectivity index (χ3n) is 2.73. The molecule has 0 unspecified atom stereocenters. The number of benzene rings is 1. The molecule has 5 heteroatoms. The molecular weight excluding hydrogens is 238 g/mol. The standard InChI is InChI=1S/C14H13N5/c1-10-6-16-11(7-15-10)8-18-14-9-17-12-4-2-3-5-13(12)19-14/h2-7,9H,8H2,1H3,(H,18,19). The lowest BCUT2D eigenvalue weighted by Gasteiger charge is -2.05. The molecule has 0 amide bonds. The number of anilines is 1. The second kappa shape index (κ2) is 4.97. The fourth-order valence-electron chi connectivity index (χ4n) is 1.73. The van der Waals surface area contributed by atoms with Crippen molar-refractivity contribution in [3.63, 3.8) is 0 Å². The first kappa shape index (κ1) is 11.5. The van der Waals surface area contributed by atoms with E-state index in [1.807, 2.05) is 31.2 Å². The van der Waals surface area contributed by atoms with E-state index in [0.29, 0.717) is 6.54 Å². The van der Waals surface area contributed by atoms with Crippen LogP contribution in [0.2, 0.25) is 0 Å². The summed E-state index contributed by atoms with van der Waals surface area (Å²) in [5, 5.41) is 3.20. The van der Waals surface area contributed by atoms with Gasteiger partial charge in [0.2, 0.25) is 0 Å². The van der Waals surface area contributed by atoms with Crippen LogP contribution in [0, 0.1) is 6.92 Å². The predicted molar refractivity (Wildman–Crippen MR) is 73.6 cm³/mol. The third-order valence-corrected chi connectivity index (χ3v) is 2.73. The molecule has 19 heavy (non-hydrogen) atoms. The van der Waals surface area contributed by atoms with Crippen LogP contribution in [0.1, 0.15) is 11.4 Å². The van der Waals surface area contributed by atoms with Crippen LogP contribution < -0.4 is 5.32 Å². The highest BCUT2D eigenvalue weighted by atomic mass is 15.0. The molecule has 3 rings (SSSR count). The number of rotatable bonds is 3. The lowest BCUT2D eigenvalue weighted by Crippen LogP contribution is -2.04. The quantitative estimate of drug-likeness (QED) is 0.774. The first-order chi connectivity index (χ1) is 9.31. The normalized spacial score (nSPS) is 10.6. The van der Waals surface area contributed by atoms with Crippen LogP contribution in [0.15, 0.2) is 42.9 Å². The summed E-state index contributed by atoms with van der Waals surface area (Å²) in [6, 6.07) is 7.79. The molecule has 0 fully saturated rings. The second-order valence-electron chi connectivity index (χ2n) is 4.25. The minimum Gasteiger partial charge on any atom is -0.363 e. The van der Waals surface area contributed by atoms with Crippen molar-refractivity contribution < 1.29 is 0 Å². The summed E-state index contributed by atoms with van der Waals surface area (Å²) >= 11 is 0. The maximum Gasteiger partial charge on any atom is 0.145 e. The van der Waals surface area contributed by atoms with E-state index in [2.05, 4.69) is 25.3 Å². The van der Waals surface area contributed by atoms with Crippen molar-refractivity contribution in [3.05, 3.63) is 54.2 Å². The molecule has 3 aromatic rings. The Morgan fingerprint density at radius 3 is 2.58 bits per heavy atom. The molecule has 0 saturated heterocycles. The van der Waals surface area contributed by atoms with Crippen molar-refractivity contribution in [3.8, 4) is 0 Å². The smallest absolute Gasteiger partial charge is 0.145 e. The van der Waals surface area contributed by atoms with Gasteiger partial charge in [0.25, 0.3) is 0 Å². The summed E-state index contributed by atoms with van der Waals surface area (Å²) in [5.41, 5.74) is 3.56. The molecule has 0 spiro atoms. The topological polar surface area (TPSA) is 63.6 Å². The molecule has 1 N–H and O–H groups in total. The first-order valence-corrected chi connectivity index (χ1v) is 6.04. The highest BCUT2D eigenvalue weighted by Crippen LogP contribution is 2.11. The molecule has 0 aliphatic heterocycles. The van der Waals surface area contributed by atoms with Gasteiger partial charge in [-0.3, -0.25) is 15.0 Å². The average Bonchev–Trinajstić information content (AvgIpc) is 2.46. The van der Waals surface area contributed by atoms with E-state index in [-0.39, 0.29) is 0 Å². The zero-order chi connectivity index (χ0) is 13.1. The molecule has 0 aliphatic carbocycles. The van der Waals surface area contributed by atoms with E-state index in [9.17, 15) is 0 Å². The second-order valence-corrected chi connectivity index (χ2v) is 4.25. The molecule has 0 aliphatic rings. The van der Waals surface area contributed by atoms with Crippen molar-refractivity contribution in [1.29, 1.82) is 0 Å². The Balaban J connectivity index is 1.76. The van der Waals surface area contributed by atoms with Crippen LogP contribution in [0.25, 0.3) is 11.0 Å². The Morgan fingerprint density at radius 2 is 1.79 bits per heavy atom. The van der Waals surface area contributed by atoms with E-state index in [1.165, 1.54) is 0 Å². The molecule has 94 valence electrons. The van der Waals surface area contributed by atoms with Crippen molar-refractivity contribution in [2.24, 2.45) is 0 Å². The molecule has 0 saturated carbocycles. The van der Waals surface area contributed by atoms with Gasteiger partial charge in [0.15, 0.2) is 0 Å². The molecule has 2 aromatic heterocycles. The Morgan fingerprint density at radius 1 is 0.947 bits per heavy atom. The fourth-order valence-corrected chi connectivity index (χ4v) is 1.73. The van der Waals surface area contributed by atoms with E-state index in [0.717, 1.165) is 28.2 Å². The van der Waals surface area contributed by atoms with Gasteiger partial charge in [0.05, 0.1) is 41.4 Å². The number of fused-ring (bicyclic) bond motifs is 1. The molecular formula is C14H13N5. The highest BCUT2D eigenvalue weighted by molar-refractivity contribution is 5.75. The average molecular weight is 251 g/mol. The van der Waals surface area contributed by atoms with Crippen LogP contribution in [0.3, 0.4) is 0 Å². The lowest BCUT2D eigenvalue weighted by atomic mass is 10.3. The number of nitrogens with zero attached hydrogens (tertiary/aromatic N) is 4. The predicted octanol–water partition coefficient (Wildman–Crippen LogP) is 2.34. The Hall–Kier alpha value is -2.56. The summed E-state index contributed by atoms with van der Waals surface area (Å²) in [7, 11) is 0. The lowest BCUT2D eigenvalue weighted by molar-refractivity contribution is 0.976. The minimum absolute atomic E-state index is 0.584. The van der Waals surface area contributed by atoms with E-state index in [1.54, 1.807) is 18.6 Å². The van der Waals surface area contributed by atoms with Gasteiger partial charge in [-0.05, 0) is 19.1 Å². The first-order valence-electron chi connectivity index (χ1n) is 6.04. The van der Waals surface area contributed by atoms with Crippen LogP contribution in [0.5, 0.6) is 0 Å². The van der Waals surface area contributed by atoms with Crippen molar-refractivity contribution in [1.82, 2.24) is 19.9 Å². The van der Waals surface area contributed by atoms with Gasteiger partial charge < -0.3 is 5.32 Å². The van der Waals surface area contributed by atoms with Gasteiger partial charge in [0, 0.05) is 6.20 Å². The molecule has 5 nitrogen and oxygen atoms in total. The number of aromatic nitrogens is 4. The van der Waals surface area contributed by atoms with Crippen LogP contribution >= 0.6 is 0 Å². The van der Waals surface area contributed by atoms with Gasteiger partial charge in [-0.2, -0.15) is 0 Å². The van der Waals surface area contributed by atoms with Crippen LogP contribution in [-0.4, -0.2) is 19.9 Å². The number of hydrogen-bond donors (Lipinski definition) is 1. The summed E-state index contributed by atoms with van der Waals surface area (Å²) in [4.78, 5) is 17.3. The zero-order valence-corrected chi connectivity index (χ0v) is 10.5. The SMILES string of the molecule is Cc1cnc(CNc2cnc3ccccc3n2)cn1. The van der Waals surface area contributed by atoms with Crippen molar-refractivity contribution in [2.45, 2.75) is 13.5 Å². The maximum atomic E-state index is 4.49. The van der Waals surface area contributed by atoms with Gasteiger partial charge in [-0.25, -0.2) is 4.98 Å². The van der Waals surface area contributed by atoms with Crippen molar-refractivity contribution in [2.75, 3.05) is 5.32 Å². The largest absolute Gasteiger partial charge is 0.363 e. The number of para-hydroxylation sites is 2. The zero-order valence-electron chi connectivity index (χ0n) is 10.5. The minimum atomic E-state index is 0.584. The summed E-state index contributed by atoms with van der Waals surface area (Å²) < 4.78 is 0. The van der Waals surface area contributed by atoms with Gasteiger partial charge in [-0.15, -0.1) is 0 Å². The van der Waals surface area contributed by atoms with Gasteiger partial charge >= 0.3 is 0 Å². The van der Waals surface area contributed by atoms with Crippen molar-refractivity contribution >= 4 is 16.9 Å². The fraction of sp³-hybridized carbons (Fsp3) is 0.143. The van der Waals surface area contributed by atoms with Gasteiger partial charge in [0.1, 0.15) is 5.82 Å². The van der Waals surface area contributed by atoms with E-state index < -0.39 is 0 Å². The molecule has 1 aromatic carbocycles.